The maximum absolute atomic E-state index is 14.4. The maximum Gasteiger partial charge on any atom is 0.254 e. The molecule has 0 N–H and O–H groups in total. The van der Waals surface area contributed by atoms with Crippen LogP contribution in [0.2, 0.25) is 0 Å². The number of hydrogen-bond acceptors (Lipinski definition) is 5. The Morgan fingerprint density at radius 3 is 2.80 bits per heavy atom. The standard InChI is InChI=1S/C18H22FN3O2S/c1-18(2,3)16-13(19)5-12(7-20-16)14-6-15(23)22-8-11(9-24-4)10-25-17(22)21-14/h5-7,11H,8-10H2,1-4H3. The second kappa shape index (κ2) is 6.88. The van der Waals surface area contributed by atoms with Gasteiger partial charge in [-0.3, -0.25) is 14.3 Å². The summed E-state index contributed by atoms with van der Waals surface area (Å²) in [7, 11) is 1.66. The highest BCUT2D eigenvalue weighted by Crippen LogP contribution is 2.29. The van der Waals surface area contributed by atoms with Crippen LogP contribution in [0.3, 0.4) is 0 Å². The quantitative estimate of drug-likeness (QED) is 0.785. The predicted octanol–water partition coefficient (Wildman–Crippen LogP) is 3.11. The molecule has 134 valence electrons. The van der Waals surface area contributed by atoms with Gasteiger partial charge in [0.25, 0.3) is 5.56 Å². The van der Waals surface area contributed by atoms with Gasteiger partial charge in [-0.25, -0.2) is 9.37 Å². The van der Waals surface area contributed by atoms with Gasteiger partial charge in [0.15, 0.2) is 5.16 Å². The smallest absolute Gasteiger partial charge is 0.254 e. The first kappa shape index (κ1) is 18.1. The van der Waals surface area contributed by atoms with E-state index in [1.54, 1.807) is 17.9 Å². The van der Waals surface area contributed by atoms with Crippen LogP contribution in [0.15, 0.2) is 28.3 Å². The largest absolute Gasteiger partial charge is 0.384 e. The van der Waals surface area contributed by atoms with Crippen molar-refractivity contribution in [3.05, 3.63) is 40.2 Å². The number of ether oxygens (including phenoxy) is 1. The highest BCUT2D eigenvalue weighted by atomic mass is 32.2. The Bertz CT molecular complexity index is 845. The molecule has 1 aliphatic heterocycles. The lowest BCUT2D eigenvalue weighted by atomic mass is 9.91. The number of aromatic nitrogens is 3. The number of fused-ring (bicyclic) bond motifs is 1. The number of methoxy groups -OCH3 is 1. The minimum atomic E-state index is -0.377. The number of thioether (sulfide) groups is 1. The van der Waals surface area contributed by atoms with Crippen molar-refractivity contribution in [1.82, 2.24) is 14.5 Å². The van der Waals surface area contributed by atoms with E-state index in [2.05, 4.69) is 9.97 Å². The molecule has 2 aromatic rings. The van der Waals surface area contributed by atoms with Gasteiger partial charge in [-0.2, -0.15) is 0 Å². The van der Waals surface area contributed by atoms with Crippen molar-refractivity contribution in [3.8, 4) is 11.3 Å². The summed E-state index contributed by atoms with van der Waals surface area (Å²) in [5.74, 6) is 0.759. The lowest BCUT2D eigenvalue weighted by Crippen LogP contribution is -2.32. The van der Waals surface area contributed by atoms with Crippen LogP contribution in [-0.2, 0) is 16.7 Å². The Hall–Kier alpha value is -1.73. The molecule has 5 nitrogen and oxygen atoms in total. The zero-order valence-electron chi connectivity index (χ0n) is 14.9. The third-order valence-electron chi connectivity index (χ3n) is 4.11. The van der Waals surface area contributed by atoms with Gasteiger partial charge >= 0.3 is 0 Å². The molecular formula is C18H22FN3O2S. The first-order valence-corrected chi connectivity index (χ1v) is 9.18. The van der Waals surface area contributed by atoms with Gasteiger partial charge in [0.05, 0.1) is 18.0 Å². The SMILES string of the molecule is COCC1CSc2nc(-c3cnc(C(C)(C)C)c(F)c3)cc(=O)n2C1. The Balaban J connectivity index is 1.96. The van der Waals surface area contributed by atoms with E-state index in [1.807, 2.05) is 20.8 Å². The molecule has 0 aromatic carbocycles. The van der Waals surface area contributed by atoms with Crippen molar-refractivity contribution < 1.29 is 9.13 Å². The Kier molecular flexibility index (Phi) is 4.97. The summed E-state index contributed by atoms with van der Waals surface area (Å²) in [6.45, 7) is 6.94. The van der Waals surface area contributed by atoms with Crippen LogP contribution in [0, 0.1) is 11.7 Å². The van der Waals surface area contributed by atoms with E-state index in [0.29, 0.717) is 35.3 Å². The highest BCUT2D eigenvalue weighted by Gasteiger charge is 2.23. The number of rotatable bonds is 3. The molecule has 0 fully saturated rings. The maximum atomic E-state index is 14.4. The molecule has 0 amide bonds. The number of nitrogens with zero attached hydrogens (tertiary/aromatic N) is 3. The van der Waals surface area contributed by atoms with E-state index in [1.165, 1.54) is 23.9 Å². The van der Waals surface area contributed by atoms with Crippen LogP contribution < -0.4 is 5.56 Å². The fraction of sp³-hybridized carbons (Fsp3) is 0.500. The summed E-state index contributed by atoms with van der Waals surface area (Å²) in [5.41, 5.74) is 0.875. The molecule has 7 heteroatoms. The van der Waals surface area contributed by atoms with Crippen molar-refractivity contribution >= 4 is 11.8 Å². The van der Waals surface area contributed by atoms with Gasteiger partial charge in [-0.05, 0) is 6.07 Å². The molecule has 25 heavy (non-hydrogen) atoms. The van der Waals surface area contributed by atoms with Gasteiger partial charge in [-0.15, -0.1) is 0 Å². The molecule has 3 heterocycles. The number of pyridine rings is 1. The molecular weight excluding hydrogens is 341 g/mol. The molecule has 0 radical (unpaired) electrons. The molecule has 1 aliphatic rings. The summed E-state index contributed by atoms with van der Waals surface area (Å²) >= 11 is 1.53. The van der Waals surface area contributed by atoms with Crippen molar-refractivity contribution in [3.63, 3.8) is 0 Å². The summed E-state index contributed by atoms with van der Waals surface area (Å²) in [6, 6.07) is 2.86. The third kappa shape index (κ3) is 3.77. The number of hydrogen-bond donors (Lipinski definition) is 0. The summed E-state index contributed by atoms with van der Waals surface area (Å²) < 4.78 is 21.3. The molecule has 0 saturated carbocycles. The monoisotopic (exact) mass is 363 g/mol. The lowest BCUT2D eigenvalue weighted by molar-refractivity contribution is 0.149. The zero-order chi connectivity index (χ0) is 18.2. The van der Waals surface area contributed by atoms with E-state index in [9.17, 15) is 9.18 Å². The van der Waals surface area contributed by atoms with Crippen molar-refractivity contribution in [2.75, 3.05) is 19.5 Å². The molecule has 1 atom stereocenters. The Labute approximate surface area is 150 Å². The molecule has 3 rings (SSSR count). The van der Waals surface area contributed by atoms with Crippen molar-refractivity contribution in [1.29, 1.82) is 0 Å². The highest BCUT2D eigenvalue weighted by molar-refractivity contribution is 7.99. The fourth-order valence-corrected chi connectivity index (χ4v) is 3.95. The second-order valence-corrected chi connectivity index (χ2v) is 8.30. The van der Waals surface area contributed by atoms with E-state index < -0.39 is 0 Å². The van der Waals surface area contributed by atoms with E-state index in [0.717, 1.165) is 5.75 Å². The minimum Gasteiger partial charge on any atom is -0.384 e. The van der Waals surface area contributed by atoms with Crippen molar-refractivity contribution in [2.45, 2.75) is 37.9 Å². The van der Waals surface area contributed by atoms with Crippen LogP contribution in [0.5, 0.6) is 0 Å². The van der Waals surface area contributed by atoms with Gasteiger partial charge in [0.2, 0.25) is 0 Å². The fourth-order valence-electron chi connectivity index (χ4n) is 2.88. The summed E-state index contributed by atoms with van der Waals surface area (Å²) in [4.78, 5) is 21.3. The minimum absolute atomic E-state index is 0.131. The topological polar surface area (TPSA) is 57.0 Å². The van der Waals surface area contributed by atoms with Crippen LogP contribution in [0.4, 0.5) is 4.39 Å². The van der Waals surface area contributed by atoms with Gasteiger partial charge in [0, 0.05) is 48.6 Å². The van der Waals surface area contributed by atoms with Crippen LogP contribution in [-0.4, -0.2) is 34.0 Å². The third-order valence-corrected chi connectivity index (χ3v) is 5.32. The summed E-state index contributed by atoms with van der Waals surface area (Å²) in [5, 5.41) is 0.662. The van der Waals surface area contributed by atoms with E-state index in [-0.39, 0.29) is 22.7 Å². The molecule has 0 saturated heterocycles. The van der Waals surface area contributed by atoms with Gasteiger partial charge in [-0.1, -0.05) is 32.5 Å². The predicted molar refractivity (Wildman–Crippen MR) is 96.5 cm³/mol. The average Bonchev–Trinajstić information content (AvgIpc) is 2.54. The molecule has 2 aromatic heterocycles. The normalized spacial score (nSPS) is 17.4. The zero-order valence-corrected chi connectivity index (χ0v) is 15.7. The van der Waals surface area contributed by atoms with E-state index in [4.69, 9.17) is 4.74 Å². The van der Waals surface area contributed by atoms with E-state index >= 15 is 0 Å². The number of halogens is 1. The molecule has 0 bridgehead atoms. The first-order chi connectivity index (χ1) is 11.8. The Morgan fingerprint density at radius 2 is 2.16 bits per heavy atom. The lowest BCUT2D eigenvalue weighted by Gasteiger charge is -2.24. The van der Waals surface area contributed by atoms with Gasteiger partial charge < -0.3 is 4.74 Å². The molecule has 0 aliphatic carbocycles. The molecule has 1 unspecified atom stereocenters. The van der Waals surface area contributed by atoms with Crippen molar-refractivity contribution in [2.24, 2.45) is 5.92 Å². The average molecular weight is 363 g/mol. The first-order valence-electron chi connectivity index (χ1n) is 8.19. The van der Waals surface area contributed by atoms with Gasteiger partial charge in [0.1, 0.15) is 5.82 Å². The van der Waals surface area contributed by atoms with Crippen LogP contribution in [0.1, 0.15) is 26.5 Å². The van der Waals surface area contributed by atoms with Crippen LogP contribution >= 0.6 is 11.8 Å². The van der Waals surface area contributed by atoms with Crippen LogP contribution in [0.25, 0.3) is 11.3 Å². The summed E-state index contributed by atoms with van der Waals surface area (Å²) in [6.07, 6.45) is 1.59. The second-order valence-electron chi connectivity index (χ2n) is 7.31. The Morgan fingerprint density at radius 1 is 1.40 bits per heavy atom. The molecule has 0 spiro atoms.